The molecule has 1 aliphatic heterocycles. The van der Waals surface area contributed by atoms with Crippen LogP contribution < -0.4 is 10.1 Å². The van der Waals surface area contributed by atoms with E-state index in [1.165, 1.54) is 37.9 Å². The number of likely N-dealkylation sites (tertiary alicyclic amines) is 1. The van der Waals surface area contributed by atoms with Crippen molar-refractivity contribution in [1.29, 1.82) is 0 Å². The molecule has 0 unspecified atom stereocenters. The van der Waals surface area contributed by atoms with Crippen molar-refractivity contribution >= 4 is 11.6 Å². The number of hydrogen-bond donors (Lipinski definition) is 1. The quantitative estimate of drug-likeness (QED) is 0.576. The number of carbonyl (C=O) groups excluding carboxylic acids is 1. The van der Waals surface area contributed by atoms with E-state index in [-0.39, 0.29) is 5.91 Å². The summed E-state index contributed by atoms with van der Waals surface area (Å²) in [4.78, 5) is 15.1. The van der Waals surface area contributed by atoms with Gasteiger partial charge in [0.25, 0.3) is 5.91 Å². The van der Waals surface area contributed by atoms with Gasteiger partial charge < -0.3 is 14.6 Å². The summed E-state index contributed by atoms with van der Waals surface area (Å²) in [6.45, 7) is 7.47. The molecule has 3 aromatic rings. The van der Waals surface area contributed by atoms with Gasteiger partial charge in [0, 0.05) is 17.8 Å². The summed E-state index contributed by atoms with van der Waals surface area (Å²) < 4.78 is 11.0. The standard InChI is InChI=1S/C25H29N3O3/c1-18-24(19(2)31-27-18)17-30-23-12-8-21(9-13-23)25(29)26-22-10-6-20(7-11-22)16-28-14-4-3-5-15-28/h6-13H,3-5,14-17H2,1-2H3,(H,26,29). The first kappa shape index (κ1) is 21.1. The first-order valence-corrected chi connectivity index (χ1v) is 10.9. The van der Waals surface area contributed by atoms with E-state index in [1.54, 1.807) is 24.3 Å². The maximum absolute atomic E-state index is 12.6. The highest BCUT2D eigenvalue weighted by Crippen LogP contribution is 2.19. The highest BCUT2D eigenvalue weighted by Gasteiger charge is 2.12. The van der Waals surface area contributed by atoms with Gasteiger partial charge in [-0.15, -0.1) is 0 Å². The van der Waals surface area contributed by atoms with Crippen molar-refractivity contribution in [2.45, 2.75) is 46.3 Å². The Kier molecular flexibility index (Phi) is 6.67. The first-order valence-electron chi connectivity index (χ1n) is 10.9. The first-order chi connectivity index (χ1) is 15.1. The van der Waals surface area contributed by atoms with Gasteiger partial charge in [-0.05, 0) is 81.7 Å². The number of ether oxygens (including phenoxy) is 1. The predicted octanol–water partition coefficient (Wildman–Crippen LogP) is 5.11. The van der Waals surface area contributed by atoms with Crippen LogP contribution in [0.2, 0.25) is 0 Å². The molecule has 1 aliphatic rings. The molecule has 0 saturated carbocycles. The van der Waals surface area contributed by atoms with Crippen LogP contribution in [0.3, 0.4) is 0 Å². The van der Waals surface area contributed by atoms with Crippen LogP contribution >= 0.6 is 0 Å². The largest absolute Gasteiger partial charge is 0.489 e. The molecular formula is C25H29N3O3. The van der Waals surface area contributed by atoms with Crippen LogP contribution in [0.4, 0.5) is 5.69 Å². The van der Waals surface area contributed by atoms with E-state index in [0.717, 1.165) is 29.2 Å². The molecular weight excluding hydrogens is 390 g/mol. The Morgan fingerprint density at radius 3 is 2.39 bits per heavy atom. The summed E-state index contributed by atoms with van der Waals surface area (Å²) in [5, 5.41) is 6.89. The maximum atomic E-state index is 12.6. The van der Waals surface area contributed by atoms with Gasteiger partial charge in [-0.25, -0.2) is 0 Å². The minimum atomic E-state index is -0.138. The summed E-state index contributed by atoms with van der Waals surface area (Å²) in [6.07, 6.45) is 3.92. The van der Waals surface area contributed by atoms with Crippen molar-refractivity contribution in [3.8, 4) is 5.75 Å². The SMILES string of the molecule is Cc1noc(C)c1COc1ccc(C(=O)Nc2ccc(CN3CCCCC3)cc2)cc1. The number of aromatic nitrogens is 1. The van der Waals surface area contributed by atoms with Gasteiger partial charge in [-0.2, -0.15) is 0 Å². The van der Waals surface area contributed by atoms with Crippen molar-refractivity contribution in [2.75, 3.05) is 18.4 Å². The van der Waals surface area contributed by atoms with E-state index in [2.05, 4.69) is 27.5 Å². The minimum absolute atomic E-state index is 0.138. The highest BCUT2D eigenvalue weighted by molar-refractivity contribution is 6.04. The molecule has 1 fully saturated rings. The molecule has 2 aromatic carbocycles. The molecule has 6 heteroatoms. The molecule has 1 saturated heterocycles. The number of nitrogens with zero attached hydrogens (tertiary/aromatic N) is 2. The fourth-order valence-corrected chi connectivity index (χ4v) is 3.84. The fourth-order valence-electron chi connectivity index (χ4n) is 3.84. The van der Waals surface area contributed by atoms with Crippen LogP contribution in [0.1, 0.15) is 52.2 Å². The van der Waals surface area contributed by atoms with E-state index in [4.69, 9.17) is 9.26 Å². The summed E-state index contributed by atoms with van der Waals surface area (Å²) in [5.74, 6) is 1.31. The lowest BCUT2D eigenvalue weighted by atomic mass is 10.1. The number of benzene rings is 2. The van der Waals surface area contributed by atoms with Gasteiger partial charge >= 0.3 is 0 Å². The molecule has 4 rings (SSSR count). The number of aryl methyl sites for hydroxylation is 2. The van der Waals surface area contributed by atoms with Crippen molar-refractivity contribution < 1.29 is 14.1 Å². The number of hydrogen-bond acceptors (Lipinski definition) is 5. The molecule has 0 aliphatic carbocycles. The third-order valence-electron chi connectivity index (χ3n) is 5.75. The smallest absolute Gasteiger partial charge is 0.255 e. The molecule has 1 N–H and O–H groups in total. The van der Waals surface area contributed by atoms with Crippen LogP contribution in [0.5, 0.6) is 5.75 Å². The number of piperidine rings is 1. The lowest BCUT2D eigenvalue weighted by molar-refractivity contribution is 0.102. The Balaban J connectivity index is 1.30. The molecule has 0 bridgehead atoms. The van der Waals surface area contributed by atoms with Gasteiger partial charge in [0.2, 0.25) is 0 Å². The van der Waals surface area contributed by atoms with E-state index < -0.39 is 0 Å². The average Bonchev–Trinajstić information content (AvgIpc) is 3.12. The van der Waals surface area contributed by atoms with Crippen LogP contribution in [0.25, 0.3) is 0 Å². The number of carbonyl (C=O) groups is 1. The highest BCUT2D eigenvalue weighted by atomic mass is 16.5. The summed E-state index contributed by atoms with van der Waals surface area (Å²) >= 11 is 0. The van der Waals surface area contributed by atoms with Gasteiger partial charge in [-0.3, -0.25) is 9.69 Å². The van der Waals surface area contributed by atoms with Crippen LogP contribution in [-0.2, 0) is 13.2 Å². The molecule has 6 nitrogen and oxygen atoms in total. The lowest BCUT2D eigenvalue weighted by Gasteiger charge is -2.26. The van der Waals surface area contributed by atoms with Crippen molar-refractivity contribution in [1.82, 2.24) is 10.1 Å². The molecule has 162 valence electrons. The van der Waals surface area contributed by atoms with Crippen molar-refractivity contribution in [2.24, 2.45) is 0 Å². The summed E-state index contributed by atoms with van der Waals surface area (Å²) in [7, 11) is 0. The van der Waals surface area contributed by atoms with Gasteiger partial charge in [-0.1, -0.05) is 23.7 Å². The Morgan fingerprint density at radius 1 is 1.03 bits per heavy atom. The number of amides is 1. The molecule has 0 atom stereocenters. The molecule has 2 heterocycles. The molecule has 0 spiro atoms. The topological polar surface area (TPSA) is 67.6 Å². The molecule has 31 heavy (non-hydrogen) atoms. The Bertz CT molecular complexity index is 984. The second kappa shape index (κ2) is 9.79. The normalized spacial score (nSPS) is 14.4. The number of rotatable bonds is 7. The monoisotopic (exact) mass is 419 g/mol. The molecule has 1 amide bonds. The minimum Gasteiger partial charge on any atom is -0.489 e. The summed E-state index contributed by atoms with van der Waals surface area (Å²) in [5.41, 5.74) is 4.44. The second-order valence-corrected chi connectivity index (χ2v) is 8.10. The zero-order chi connectivity index (χ0) is 21.6. The van der Waals surface area contributed by atoms with Crippen molar-refractivity contribution in [3.05, 3.63) is 76.7 Å². The zero-order valence-electron chi connectivity index (χ0n) is 18.2. The second-order valence-electron chi connectivity index (χ2n) is 8.10. The zero-order valence-corrected chi connectivity index (χ0v) is 18.2. The van der Waals surface area contributed by atoms with Crippen molar-refractivity contribution in [3.63, 3.8) is 0 Å². The Morgan fingerprint density at radius 2 is 1.74 bits per heavy atom. The van der Waals surface area contributed by atoms with Crippen LogP contribution in [-0.4, -0.2) is 29.1 Å². The summed E-state index contributed by atoms with van der Waals surface area (Å²) in [6, 6.07) is 15.3. The van der Waals surface area contributed by atoms with Gasteiger partial charge in [0.05, 0.1) is 11.3 Å². The molecule has 0 radical (unpaired) electrons. The third-order valence-corrected chi connectivity index (χ3v) is 5.75. The van der Waals surface area contributed by atoms with E-state index in [9.17, 15) is 4.79 Å². The van der Waals surface area contributed by atoms with Gasteiger partial charge in [0.1, 0.15) is 18.1 Å². The predicted molar refractivity (Wildman–Crippen MR) is 120 cm³/mol. The molecule has 1 aromatic heterocycles. The fraction of sp³-hybridized carbons (Fsp3) is 0.360. The lowest BCUT2D eigenvalue weighted by Crippen LogP contribution is -2.29. The van der Waals surface area contributed by atoms with Crippen LogP contribution in [0.15, 0.2) is 53.1 Å². The van der Waals surface area contributed by atoms with E-state index >= 15 is 0 Å². The van der Waals surface area contributed by atoms with Crippen LogP contribution in [0, 0.1) is 13.8 Å². The maximum Gasteiger partial charge on any atom is 0.255 e. The van der Waals surface area contributed by atoms with E-state index in [0.29, 0.717) is 17.9 Å². The third kappa shape index (κ3) is 5.52. The Labute approximate surface area is 183 Å². The Hall–Kier alpha value is -3.12. The average molecular weight is 420 g/mol. The number of nitrogens with one attached hydrogen (secondary N) is 1. The van der Waals surface area contributed by atoms with E-state index in [1.807, 2.05) is 26.0 Å². The number of anilines is 1. The van der Waals surface area contributed by atoms with Gasteiger partial charge in [0.15, 0.2) is 0 Å².